The third kappa shape index (κ3) is 6.33. The van der Waals surface area contributed by atoms with Gasteiger partial charge in [-0.1, -0.05) is 79.2 Å². The molecule has 0 aliphatic carbocycles. The van der Waals surface area contributed by atoms with Gasteiger partial charge in [-0.3, -0.25) is 0 Å². The van der Waals surface area contributed by atoms with Crippen LogP contribution in [0.25, 0.3) is 0 Å². The van der Waals surface area contributed by atoms with Crippen LogP contribution in [-0.2, 0) is 0 Å². The molecule has 0 saturated carbocycles. The summed E-state index contributed by atoms with van der Waals surface area (Å²) in [6.45, 7) is 2.20. The Morgan fingerprint density at radius 3 is 1.86 bits per heavy atom. The average molecular weight is 313 g/mol. The van der Waals surface area contributed by atoms with Gasteiger partial charge in [0, 0.05) is 16.2 Å². The Morgan fingerprint density at radius 2 is 1.38 bits per heavy atom. The molecule has 2 heteroatoms. The van der Waals surface area contributed by atoms with Crippen molar-refractivity contribution in [2.24, 2.45) is 0 Å². The third-order valence-corrected chi connectivity index (χ3v) is 5.18. The fraction of sp³-hybridized carbons (Fsp3) is 0.263. The standard InChI is InChI=1S/C19H20S2/c1-2-3-4-11-16-19(20-17-12-7-5-8-13-17)21-18-14-9-6-10-15-18/h5-10,12-15,19H,2-4H2,1H3. The van der Waals surface area contributed by atoms with Gasteiger partial charge in [-0.2, -0.15) is 0 Å². The molecule has 2 aromatic rings. The lowest BCUT2D eigenvalue weighted by Gasteiger charge is -2.10. The molecule has 21 heavy (non-hydrogen) atoms. The van der Waals surface area contributed by atoms with Crippen molar-refractivity contribution < 1.29 is 0 Å². The van der Waals surface area contributed by atoms with Gasteiger partial charge >= 0.3 is 0 Å². The predicted molar refractivity (Wildman–Crippen MR) is 95.7 cm³/mol. The number of hydrogen-bond acceptors (Lipinski definition) is 2. The largest absolute Gasteiger partial charge is 0.120 e. The predicted octanol–water partition coefficient (Wildman–Crippen LogP) is 6.09. The summed E-state index contributed by atoms with van der Waals surface area (Å²) in [5, 5.41) is 0. The Morgan fingerprint density at radius 1 is 0.857 bits per heavy atom. The van der Waals surface area contributed by atoms with Crippen molar-refractivity contribution in [1.82, 2.24) is 0 Å². The molecule has 0 nitrogen and oxygen atoms in total. The second kappa shape index (κ2) is 9.60. The first-order chi connectivity index (χ1) is 10.4. The summed E-state index contributed by atoms with van der Waals surface area (Å²) < 4.78 is 0.242. The molecule has 0 N–H and O–H groups in total. The van der Waals surface area contributed by atoms with E-state index in [-0.39, 0.29) is 4.58 Å². The summed E-state index contributed by atoms with van der Waals surface area (Å²) in [4.78, 5) is 2.55. The molecular formula is C19H20S2. The number of thioether (sulfide) groups is 2. The molecule has 0 aromatic heterocycles. The first-order valence-electron chi connectivity index (χ1n) is 7.30. The molecule has 2 aromatic carbocycles. The maximum absolute atomic E-state index is 3.43. The van der Waals surface area contributed by atoms with E-state index in [0.29, 0.717) is 0 Å². The molecular weight excluding hydrogens is 292 g/mol. The molecule has 0 heterocycles. The minimum atomic E-state index is 0.242. The van der Waals surface area contributed by atoms with Crippen molar-refractivity contribution in [2.75, 3.05) is 0 Å². The molecule has 0 fully saturated rings. The minimum absolute atomic E-state index is 0.242. The maximum atomic E-state index is 3.43. The van der Waals surface area contributed by atoms with Gasteiger partial charge in [-0.05, 0) is 30.7 Å². The van der Waals surface area contributed by atoms with E-state index in [1.165, 1.54) is 22.6 Å². The number of rotatable bonds is 6. The summed E-state index contributed by atoms with van der Waals surface area (Å²) in [5.41, 5.74) is 0. The molecule has 0 aliphatic rings. The highest BCUT2D eigenvalue weighted by Crippen LogP contribution is 2.34. The molecule has 0 spiro atoms. The molecule has 2 rings (SSSR count). The van der Waals surface area contributed by atoms with E-state index in [0.717, 1.165) is 6.42 Å². The summed E-state index contributed by atoms with van der Waals surface area (Å²) in [5.74, 6) is 6.76. The second-order valence-corrected chi connectivity index (χ2v) is 7.27. The van der Waals surface area contributed by atoms with Crippen molar-refractivity contribution in [1.29, 1.82) is 0 Å². The quantitative estimate of drug-likeness (QED) is 0.274. The van der Waals surface area contributed by atoms with Gasteiger partial charge in [0.25, 0.3) is 0 Å². The third-order valence-electron chi connectivity index (χ3n) is 2.85. The topological polar surface area (TPSA) is 0 Å². The fourth-order valence-electron chi connectivity index (χ4n) is 1.75. The lowest BCUT2D eigenvalue weighted by Crippen LogP contribution is -1.92. The van der Waals surface area contributed by atoms with Crippen LogP contribution >= 0.6 is 23.5 Å². The van der Waals surface area contributed by atoms with Crippen LogP contribution in [0.1, 0.15) is 26.2 Å². The molecule has 0 aliphatic heterocycles. The zero-order valence-corrected chi connectivity index (χ0v) is 13.9. The summed E-state index contributed by atoms with van der Waals surface area (Å²) in [6, 6.07) is 21.0. The summed E-state index contributed by atoms with van der Waals surface area (Å²) >= 11 is 3.66. The van der Waals surface area contributed by atoms with Crippen LogP contribution in [0.3, 0.4) is 0 Å². The first-order valence-corrected chi connectivity index (χ1v) is 9.06. The second-order valence-electron chi connectivity index (χ2n) is 4.62. The van der Waals surface area contributed by atoms with Crippen LogP contribution in [0.4, 0.5) is 0 Å². The van der Waals surface area contributed by atoms with E-state index in [2.05, 4.69) is 79.4 Å². The van der Waals surface area contributed by atoms with Crippen LogP contribution in [0.5, 0.6) is 0 Å². The van der Waals surface area contributed by atoms with E-state index < -0.39 is 0 Å². The smallest absolute Gasteiger partial charge is 0.101 e. The minimum Gasteiger partial charge on any atom is -0.101 e. The molecule has 0 saturated heterocycles. The maximum Gasteiger partial charge on any atom is 0.120 e. The van der Waals surface area contributed by atoms with Crippen LogP contribution in [0.2, 0.25) is 0 Å². The Balaban J connectivity index is 2.04. The number of benzene rings is 2. The Labute approximate surface area is 136 Å². The molecule has 0 unspecified atom stereocenters. The molecule has 0 atom stereocenters. The van der Waals surface area contributed by atoms with Crippen LogP contribution in [0.15, 0.2) is 70.5 Å². The highest BCUT2D eigenvalue weighted by atomic mass is 32.2. The monoisotopic (exact) mass is 312 g/mol. The van der Waals surface area contributed by atoms with Gasteiger partial charge in [0.05, 0.1) is 0 Å². The van der Waals surface area contributed by atoms with Crippen molar-refractivity contribution >= 4 is 23.5 Å². The lowest BCUT2D eigenvalue weighted by atomic mass is 10.3. The summed E-state index contributed by atoms with van der Waals surface area (Å²) in [6.07, 6.45) is 3.39. The van der Waals surface area contributed by atoms with Gasteiger partial charge < -0.3 is 0 Å². The fourth-order valence-corrected chi connectivity index (χ4v) is 4.02. The van der Waals surface area contributed by atoms with Crippen molar-refractivity contribution in [3.05, 3.63) is 60.7 Å². The molecule has 0 bridgehead atoms. The van der Waals surface area contributed by atoms with E-state index in [4.69, 9.17) is 0 Å². The van der Waals surface area contributed by atoms with E-state index in [1.54, 1.807) is 0 Å². The highest BCUT2D eigenvalue weighted by Gasteiger charge is 2.09. The zero-order valence-electron chi connectivity index (χ0n) is 12.3. The van der Waals surface area contributed by atoms with E-state index in [1.807, 2.05) is 23.5 Å². The normalized spacial score (nSPS) is 10.2. The van der Waals surface area contributed by atoms with Crippen molar-refractivity contribution in [3.8, 4) is 11.8 Å². The van der Waals surface area contributed by atoms with Crippen LogP contribution < -0.4 is 0 Å². The zero-order chi connectivity index (χ0) is 14.8. The lowest BCUT2D eigenvalue weighted by molar-refractivity contribution is 0.828. The van der Waals surface area contributed by atoms with Gasteiger partial charge in [0.2, 0.25) is 0 Å². The Bertz CT molecular complexity index is 525. The number of hydrogen-bond donors (Lipinski definition) is 0. The van der Waals surface area contributed by atoms with E-state index in [9.17, 15) is 0 Å². The van der Waals surface area contributed by atoms with Gasteiger partial charge in [0.15, 0.2) is 0 Å². The van der Waals surface area contributed by atoms with Gasteiger partial charge in [-0.15, -0.1) is 5.92 Å². The number of unbranched alkanes of at least 4 members (excludes halogenated alkanes) is 2. The van der Waals surface area contributed by atoms with Crippen molar-refractivity contribution in [3.63, 3.8) is 0 Å². The SMILES string of the molecule is CCCCC#CC(Sc1ccccc1)Sc1ccccc1. The highest BCUT2D eigenvalue weighted by molar-refractivity contribution is 8.17. The Kier molecular flexibility index (Phi) is 7.35. The first kappa shape index (κ1) is 16.1. The molecule has 108 valence electrons. The van der Waals surface area contributed by atoms with Crippen LogP contribution in [0, 0.1) is 11.8 Å². The van der Waals surface area contributed by atoms with Gasteiger partial charge in [-0.25, -0.2) is 0 Å². The molecule has 0 radical (unpaired) electrons. The van der Waals surface area contributed by atoms with Gasteiger partial charge in [0.1, 0.15) is 4.58 Å². The average Bonchev–Trinajstić information content (AvgIpc) is 2.53. The Hall–Kier alpha value is -1.30. The molecule has 0 amide bonds. The summed E-state index contributed by atoms with van der Waals surface area (Å²) in [7, 11) is 0. The van der Waals surface area contributed by atoms with Crippen LogP contribution in [-0.4, -0.2) is 4.58 Å². The van der Waals surface area contributed by atoms with E-state index >= 15 is 0 Å². The van der Waals surface area contributed by atoms with Crippen molar-refractivity contribution in [2.45, 2.75) is 40.6 Å².